The van der Waals surface area contributed by atoms with E-state index in [1.54, 1.807) is 36.1 Å². The van der Waals surface area contributed by atoms with Gasteiger partial charge in [-0.2, -0.15) is 5.10 Å². The third kappa shape index (κ3) is 4.98. The van der Waals surface area contributed by atoms with Crippen LogP contribution in [-0.2, 0) is 12.6 Å². The van der Waals surface area contributed by atoms with Gasteiger partial charge in [-0.05, 0) is 30.7 Å². The number of hydrogen-bond acceptors (Lipinski definition) is 6. The normalized spacial score (nSPS) is 16.1. The molecule has 1 fully saturated rings. The molecule has 3 N–H and O–H groups in total. The molecule has 0 amide bonds. The Morgan fingerprint density at radius 2 is 1.78 bits per heavy atom. The third-order valence-electron chi connectivity index (χ3n) is 6.62. The first-order chi connectivity index (χ1) is 17.8. The first kappa shape index (κ1) is 24.3. The van der Waals surface area contributed by atoms with Crippen LogP contribution in [0.5, 0.6) is 0 Å². The van der Waals surface area contributed by atoms with Crippen LogP contribution >= 0.6 is 0 Å². The SMILES string of the molecule is Cn1cc(-c2c[nH]c(C(=NC=N)N3CCN(c4ncc([C@](C)(O)c5ccc(F)cc5)cn4)CC3)c2)cn1. The number of hydrogen-bond donors (Lipinski definition) is 3. The van der Waals surface area contributed by atoms with Crippen LogP contribution in [0.1, 0.15) is 23.7 Å². The topological polar surface area (TPSA) is 122 Å². The second-order valence-electron chi connectivity index (χ2n) is 9.11. The highest BCUT2D eigenvalue weighted by Crippen LogP contribution is 2.29. The predicted molar refractivity (Wildman–Crippen MR) is 139 cm³/mol. The van der Waals surface area contributed by atoms with Gasteiger partial charge in [0.2, 0.25) is 5.95 Å². The molecule has 0 radical (unpaired) electrons. The molecule has 1 atom stereocenters. The molecule has 0 spiro atoms. The van der Waals surface area contributed by atoms with Crippen molar-refractivity contribution in [2.45, 2.75) is 12.5 Å². The van der Waals surface area contributed by atoms with Crippen molar-refractivity contribution in [3.63, 3.8) is 0 Å². The maximum Gasteiger partial charge on any atom is 0.225 e. The Hall–Kier alpha value is -4.38. The fraction of sp³-hybridized carbons (Fsp3) is 0.269. The summed E-state index contributed by atoms with van der Waals surface area (Å²) in [4.78, 5) is 20.8. The molecule has 0 saturated carbocycles. The van der Waals surface area contributed by atoms with Crippen molar-refractivity contribution in [1.82, 2.24) is 29.6 Å². The van der Waals surface area contributed by atoms with Gasteiger partial charge in [0, 0.05) is 74.7 Å². The van der Waals surface area contributed by atoms with Crippen LogP contribution in [-0.4, -0.2) is 73.1 Å². The Kier molecular flexibility index (Phi) is 6.53. The summed E-state index contributed by atoms with van der Waals surface area (Å²) in [7, 11) is 1.88. The Balaban J connectivity index is 1.26. The molecule has 5 rings (SSSR count). The van der Waals surface area contributed by atoms with E-state index >= 15 is 0 Å². The summed E-state index contributed by atoms with van der Waals surface area (Å²) in [5.41, 5.74) is 2.59. The van der Waals surface area contributed by atoms with E-state index in [0.29, 0.717) is 49.1 Å². The van der Waals surface area contributed by atoms with Gasteiger partial charge in [-0.3, -0.25) is 10.1 Å². The zero-order valence-corrected chi connectivity index (χ0v) is 20.6. The van der Waals surface area contributed by atoms with E-state index in [9.17, 15) is 9.50 Å². The average molecular weight is 502 g/mol. The van der Waals surface area contributed by atoms with Gasteiger partial charge in [-0.15, -0.1) is 0 Å². The molecule has 4 heterocycles. The lowest BCUT2D eigenvalue weighted by Crippen LogP contribution is -2.49. The quantitative estimate of drug-likeness (QED) is 0.276. The summed E-state index contributed by atoms with van der Waals surface area (Å²) < 4.78 is 15.0. The van der Waals surface area contributed by atoms with Crippen molar-refractivity contribution >= 4 is 18.1 Å². The zero-order valence-electron chi connectivity index (χ0n) is 20.6. The van der Waals surface area contributed by atoms with Gasteiger partial charge in [0.05, 0.1) is 11.9 Å². The first-order valence-electron chi connectivity index (χ1n) is 11.9. The number of anilines is 1. The monoisotopic (exact) mass is 501 g/mol. The summed E-state index contributed by atoms with van der Waals surface area (Å²) in [6.45, 7) is 4.32. The predicted octanol–water partition coefficient (Wildman–Crippen LogP) is 2.78. The van der Waals surface area contributed by atoms with Gasteiger partial charge in [0.15, 0.2) is 5.84 Å². The largest absolute Gasteiger partial charge is 0.381 e. The van der Waals surface area contributed by atoms with Crippen molar-refractivity contribution in [2.75, 3.05) is 31.1 Å². The highest BCUT2D eigenvalue weighted by atomic mass is 19.1. The van der Waals surface area contributed by atoms with Crippen molar-refractivity contribution in [1.29, 1.82) is 5.41 Å². The lowest BCUT2D eigenvalue weighted by Gasteiger charge is -2.36. The van der Waals surface area contributed by atoms with E-state index in [1.165, 1.54) is 12.1 Å². The second kappa shape index (κ2) is 9.94. The number of aliphatic hydroxyl groups is 1. The molecule has 0 bridgehead atoms. The van der Waals surface area contributed by atoms with Crippen LogP contribution in [0.25, 0.3) is 11.1 Å². The number of aromatic amines is 1. The molecule has 1 aliphatic heterocycles. The molecule has 37 heavy (non-hydrogen) atoms. The molecular formula is C26H28FN9O. The fourth-order valence-electron chi connectivity index (χ4n) is 4.44. The van der Waals surface area contributed by atoms with Gasteiger partial charge in [0.1, 0.15) is 17.8 Å². The maximum atomic E-state index is 13.3. The van der Waals surface area contributed by atoms with E-state index in [2.05, 4.69) is 34.8 Å². The molecule has 11 heteroatoms. The molecule has 0 aliphatic carbocycles. The molecule has 0 unspecified atom stereocenters. The number of aromatic nitrogens is 5. The number of aliphatic imine (C=N–C) groups is 1. The molecule has 3 aromatic heterocycles. The van der Waals surface area contributed by atoms with Crippen LogP contribution in [0.4, 0.5) is 10.3 Å². The number of halogens is 1. The van der Waals surface area contributed by atoms with E-state index in [-0.39, 0.29) is 5.82 Å². The summed E-state index contributed by atoms with van der Waals surface area (Å²) in [6, 6.07) is 7.77. The minimum atomic E-state index is -1.34. The van der Waals surface area contributed by atoms with E-state index < -0.39 is 5.60 Å². The lowest BCUT2D eigenvalue weighted by molar-refractivity contribution is 0.101. The molecule has 1 aliphatic rings. The van der Waals surface area contributed by atoms with E-state index in [4.69, 9.17) is 5.41 Å². The van der Waals surface area contributed by atoms with Crippen molar-refractivity contribution in [3.05, 3.63) is 84.0 Å². The molecular weight excluding hydrogens is 473 g/mol. The van der Waals surface area contributed by atoms with Gasteiger partial charge < -0.3 is 19.9 Å². The van der Waals surface area contributed by atoms with Gasteiger partial charge >= 0.3 is 0 Å². The minimum absolute atomic E-state index is 0.357. The second-order valence-corrected chi connectivity index (χ2v) is 9.11. The van der Waals surface area contributed by atoms with Crippen LogP contribution in [0.2, 0.25) is 0 Å². The number of H-pyrrole nitrogens is 1. The van der Waals surface area contributed by atoms with E-state index in [0.717, 1.165) is 23.2 Å². The third-order valence-corrected chi connectivity index (χ3v) is 6.62. The number of nitrogens with one attached hydrogen (secondary N) is 2. The minimum Gasteiger partial charge on any atom is -0.381 e. The van der Waals surface area contributed by atoms with E-state index in [1.807, 2.05) is 31.7 Å². The summed E-state index contributed by atoms with van der Waals surface area (Å²) >= 11 is 0. The Bertz CT molecular complexity index is 1400. The molecule has 1 saturated heterocycles. The number of benzene rings is 1. The molecule has 1 aromatic carbocycles. The molecule has 10 nitrogen and oxygen atoms in total. The fourth-order valence-corrected chi connectivity index (χ4v) is 4.44. The first-order valence-corrected chi connectivity index (χ1v) is 11.9. The van der Waals surface area contributed by atoms with Crippen LogP contribution in [0, 0.1) is 11.2 Å². The van der Waals surface area contributed by atoms with Crippen molar-refractivity contribution in [2.24, 2.45) is 12.0 Å². The summed E-state index contributed by atoms with van der Waals surface area (Å²) in [6.07, 6.45) is 9.95. The summed E-state index contributed by atoms with van der Waals surface area (Å²) in [5.74, 6) is 0.920. The number of nitrogens with zero attached hydrogens (tertiary/aromatic N) is 7. The van der Waals surface area contributed by atoms with Crippen LogP contribution in [0.15, 0.2) is 66.3 Å². The van der Waals surface area contributed by atoms with Crippen LogP contribution in [0.3, 0.4) is 0 Å². The van der Waals surface area contributed by atoms with Crippen molar-refractivity contribution in [3.8, 4) is 11.1 Å². The van der Waals surface area contributed by atoms with Gasteiger partial charge in [0.25, 0.3) is 0 Å². The highest BCUT2D eigenvalue weighted by molar-refractivity contribution is 6.01. The lowest BCUT2D eigenvalue weighted by atomic mass is 9.90. The number of aryl methyl sites for hydroxylation is 1. The average Bonchev–Trinajstić information content (AvgIpc) is 3.57. The van der Waals surface area contributed by atoms with Gasteiger partial charge in [-0.25, -0.2) is 19.4 Å². The number of piperazine rings is 1. The highest BCUT2D eigenvalue weighted by Gasteiger charge is 2.28. The number of rotatable bonds is 6. The molecule has 4 aromatic rings. The Morgan fingerprint density at radius 1 is 1.08 bits per heavy atom. The molecule has 190 valence electrons. The van der Waals surface area contributed by atoms with Gasteiger partial charge in [-0.1, -0.05) is 12.1 Å². The number of amidine groups is 1. The standard InChI is InChI=1S/C26H28FN9O/c1-26(37,20-3-5-22(27)6-4-20)21-14-30-25(31-15-21)36-9-7-35(8-10-36)24(32-17-28)23-11-18(12-29-23)19-13-33-34(2)16-19/h3-6,11-17,28-29,37H,7-10H2,1-2H3/t26-/m1/s1. The smallest absolute Gasteiger partial charge is 0.225 e. The van der Waals surface area contributed by atoms with Crippen LogP contribution < -0.4 is 4.90 Å². The maximum absolute atomic E-state index is 13.3. The summed E-state index contributed by atoms with van der Waals surface area (Å²) in [5, 5.41) is 22.8. The zero-order chi connectivity index (χ0) is 26.0. The van der Waals surface area contributed by atoms with Crippen molar-refractivity contribution < 1.29 is 9.50 Å². The Morgan fingerprint density at radius 3 is 2.41 bits per heavy atom. The Labute approximate surface area is 213 Å².